The third-order valence-corrected chi connectivity index (χ3v) is 4.53. The van der Waals surface area contributed by atoms with Crippen molar-refractivity contribution in [3.05, 3.63) is 12.4 Å². The molecule has 0 saturated carbocycles. The smallest absolute Gasteiger partial charge is 0.243 e. The van der Waals surface area contributed by atoms with Crippen LogP contribution >= 0.6 is 0 Å². The molecule has 0 bridgehead atoms. The second-order valence-corrected chi connectivity index (χ2v) is 6.34. The Morgan fingerprint density at radius 2 is 2.21 bits per heavy atom. The summed E-state index contributed by atoms with van der Waals surface area (Å²) < 4.78 is 33.3. The standard InChI is InChI=1S/C11H19N3O4S/c15-4-3-14-9-11(8-12-14)19(16,17)13-7-10-1-5-18-6-2-10/h8-10,13,15H,1-7H2. The number of aliphatic hydroxyl groups is 1. The van der Waals surface area contributed by atoms with Crippen LogP contribution in [0.3, 0.4) is 0 Å². The Bertz CT molecular complexity index is 494. The summed E-state index contributed by atoms with van der Waals surface area (Å²) >= 11 is 0. The third-order valence-electron chi connectivity index (χ3n) is 3.15. The lowest BCUT2D eigenvalue weighted by molar-refractivity contribution is 0.0678. The summed E-state index contributed by atoms with van der Waals surface area (Å²) in [5, 5.41) is 12.7. The topological polar surface area (TPSA) is 93.5 Å². The van der Waals surface area contributed by atoms with E-state index in [-0.39, 0.29) is 18.0 Å². The molecule has 1 aliphatic heterocycles. The van der Waals surface area contributed by atoms with Crippen LogP contribution < -0.4 is 4.72 Å². The van der Waals surface area contributed by atoms with E-state index in [9.17, 15) is 8.42 Å². The fourth-order valence-corrected chi connectivity index (χ4v) is 3.04. The Balaban J connectivity index is 1.92. The first-order chi connectivity index (χ1) is 9.12. The maximum absolute atomic E-state index is 12.0. The van der Waals surface area contributed by atoms with Crippen LogP contribution in [0, 0.1) is 5.92 Å². The number of hydrogen-bond donors (Lipinski definition) is 2. The fourth-order valence-electron chi connectivity index (χ4n) is 1.97. The first-order valence-electron chi connectivity index (χ1n) is 6.32. The third kappa shape index (κ3) is 4.00. The van der Waals surface area contributed by atoms with E-state index in [0.717, 1.165) is 12.8 Å². The zero-order chi connectivity index (χ0) is 13.7. The van der Waals surface area contributed by atoms with E-state index in [1.807, 2.05) is 0 Å². The van der Waals surface area contributed by atoms with E-state index < -0.39 is 10.0 Å². The van der Waals surface area contributed by atoms with Crippen LogP contribution in [0.2, 0.25) is 0 Å². The summed E-state index contributed by atoms with van der Waals surface area (Å²) in [6.07, 6.45) is 4.48. The van der Waals surface area contributed by atoms with Gasteiger partial charge in [0.25, 0.3) is 0 Å². The molecule has 7 nitrogen and oxygen atoms in total. The molecule has 1 aromatic rings. The van der Waals surface area contributed by atoms with Crippen LogP contribution in [-0.4, -0.2) is 49.7 Å². The Hall–Kier alpha value is -0.960. The number of nitrogens with zero attached hydrogens (tertiary/aromatic N) is 2. The van der Waals surface area contributed by atoms with Crippen LogP contribution in [-0.2, 0) is 21.3 Å². The van der Waals surface area contributed by atoms with Gasteiger partial charge in [-0.1, -0.05) is 0 Å². The van der Waals surface area contributed by atoms with E-state index in [1.54, 1.807) is 0 Å². The first-order valence-corrected chi connectivity index (χ1v) is 7.81. The summed E-state index contributed by atoms with van der Waals surface area (Å²) in [4.78, 5) is 0.132. The second kappa shape index (κ2) is 6.47. The number of aliphatic hydroxyl groups excluding tert-OH is 1. The first kappa shape index (κ1) is 14.4. The summed E-state index contributed by atoms with van der Waals surface area (Å²) in [6.45, 7) is 2.03. The molecule has 0 aromatic carbocycles. The van der Waals surface area contributed by atoms with E-state index in [2.05, 4.69) is 9.82 Å². The summed E-state index contributed by atoms with van der Waals surface area (Å²) in [7, 11) is -3.51. The largest absolute Gasteiger partial charge is 0.394 e. The summed E-state index contributed by atoms with van der Waals surface area (Å²) in [5.74, 6) is 0.330. The van der Waals surface area contributed by atoms with Gasteiger partial charge in [0.2, 0.25) is 10.0 Å². The molecule has 2 heterocycles. The molecule has 0 atom stereocenters. The zero-order valence-electron chi connectivity index (χ0n) is 10.7. The van der Waals surface area contributed by atoms with Gasteiger partial charge in [0.05, 0.1) is 19.3 Å². The lowest BCUT2D eigenvalue weighted by Crippen LogP contribution is -2.32. The minimum absolute atomic E-state index is 0.0727. The van der Waals surface area contributed by atoms with Gasteiger partial charge >= 0.3 is 0 Å². The Labute approximate surface area is 112 Å². The van der Waals surface area contributed by atoms with Gasteiger partial charge in [0.15, 0.2) is 0 Å². The molecule has 19 heavy (non-hydrogen) atoms. The van der Waals surface area contributed by atoms with Crippen molar-refractivity contribution in [1.29, 1.82) is 0 Å². The van der Waals surface area contributed by atoms with Gasteiger partial charge in [-0.3, -0.25) is 4.68 Å². The minimum Gasteiger partial charge on any atom is -0.394 e. The Kier molecular flexibility index (Phi) is 4.92. The molecule has 1 aliphatic rings. The highest BCUT2D eigenvalue weighted by Crippen LogP contribution is 2.15. The molecule has 0 spiro atoms. The second-order valence-electron chi connectivity index (χ2n) is 4.57. The van der Waals surface area contributed by atoms with Crippen LogP contribution in [0.4, 0.5) is 0 Å². The molecule has 0 radical (unpaired) electrons. The molecule has 108 valence electrons. The van der Waals surface area contributed by atoms with Gasteiger partial charge in [0.1, 0.15) is 4.90 Å². The van der Waals surface area contributed by atoms with Gasteiger partial charge < -0.3 is 9.84 Å². The average molecular weight is 289 g/mol. The molecule has 2 rings (SSSR count). The van der Waals surface area contributed by atoms with Crippen LogP contribution in [0.25, 0.3) is 0 Å². The number of rotatable bonds is 6. The van der Waals surface area contributed by atoms with E-state index in [0.29, 0.717) is 25.7 Å². The Morgan fingerprint density at radius 1 is 1.47 bits per heavy atom. The van der Waals surface area contributed by atoms with E-state index >= 15 is 0 Å². The predicted molar refractivity (Wildman–Crippen MR) is 68.0 cm³/mol. The van der Waals surface area contributed by atoms with E-state index in [1.165, 1.54) is 17.1 Å². The molecule has 1 saturated heterocycles. The van der Waals surface area contributed by atoms with Crippen LogP contribution in [0.15, 0.2) is 17.3 Å². The molecule has 1 fully saturated rings. The lowest BCUT2D eigenvalue weighted by Gasteiger charge is -2.21. The SMILES string of the molecule is O=S(=O)(NCC1CCOCC1)c1cnn(CCO)c1. The maximum Gasteiger partial charge on any atom is 0.243 e. The van der Waals surface area contributed by atoms with Crippen molar-refractivity contribution in [2.24, 2.45) is 5.92 Å². The highest BCUT2D eigenvalue weighted by molar-refractivity contribution is 7.89. The average Bonchev–Trinajstić information content (AvgIpc) is 2.88. The summed E-state index contributed by atoms with van der Waals surface area (Å²) in [6, 6.07) is 0. The highest BCUT2D eigenvalue weighted by atomic mass is 32.2. The maximum atomic E-state index is 12.0. The van der Waals surface area contributed by atoms with Crippen molar-refractivity contribution in [3.8, 4) is 0 Å². The fraction of sp³-hybridized carbons (Fsp3) is 0.727. The quantitative estimate of drug-likeness (QED) is 0.742. The molecule has 1 aromatic heterocycles. The predicted octanol–water partition coefficient (Wildman–Crippen LogP) is -0.420. The van der Waals surface area contributed by atoms with Crippen molar-refractivity contribution in [1.82, 2.24) is 14.5 Å². The number of nitrogens with one attached hydrogen (secondary N) is 1. The number of ether oxygens (including phenoxy) is 1. The van der Waals surface area contributed by atoms with Crippen molar-refractivity contribution in [2.45, 2.75) is 24.3 Å². The van der Waals surface area contributed by atoms with Crippen LogP contribution in [0.1, 0.15) is 12.8 Å². The van der Waals surface area contributed by atoms with Gasteiger partial charge in [-0.25, -0.2) is 13.1 Å². The van der Waals surface area contributed by atoms with E-state index in [4.69, 9.17) is 9.84 Å². The van der Waals surface area contributed by atoms with Crippen molar-refractivity contribution in [3.63, 3.8) is 0 Å². The molecule has 0 amide bonds. The van der Waals surface area contributed by atoms with Crippen molar-refractivity contribution >= 4 is 10.0 Å². The highest BCUT2D eigenvalue weighted by Gasteiger charge is 2.20. The Morgan fingerprint density at radius 3 is 2.89 bits per heavy atom. The van der Waals surface area contributed by atoms with Gasteiger partial charge in [0, 0.05) is 26.0 Å². The van der Waals surface area contributed by atoms with Crippen molar-refractivity contribution in [2.75, 3.05) is 26.4 Å². The lowest BCUT2D eigenvalue weighted by atomic mass is 10.0. The molecule has 0 aliphatic carbocycles. The van der Waals surface area contributed by atoms with Gasteiger partial charge in [-0.2, -0.15) is 5.10 Å². The molecular weight excluding hydrogens is 270 g/mol. The molecule has 0 unspecified atom stereocenters. The normalized spacial score (nSPS) is 17.7. The van der Waals surface area contributed by atoms with Crippen molar-refractivity contribution < 1.29 is 18.3 Å². The zero-order valence-corrected chi connectivity index (χ0v) is 11.5. The molecule has 2 N–H and O–H groups in total. The molecular formula is C11H19N3O4S. The summed E-state index contributed by atoms with van der Waals surface area (Å²) in [5.41, 5.74) is 0. The monoisotopic (exact) mass is 289 g/mol. The molecule has 8 heteroatoms. The number of sulfonamides is 1. The van der Waals surface area contributed by atoms with Gasteiger partial charge in [-0.15, -0.1) is 0 Å². The minimum atomic E-state index is -3.51. The number of aromatic nitrogens is 2. The number of hydrogen-bond acceptors (Lipinski definition) is 5. The van der Waals surface area contributed by atoms with Crippen LogP contribution in [0.5, 0.6) is 0 Å². The van der Waals surface area contributed by atoms with Gasteiger partial charge in [-0.05, 0) is 18.8 Å².